The Labute approximate surface area is 156 Å². The molecule has 0 aromatic heterocycles. The van der Waals surface area contributed by atoms with Crippen LogP contribution >= 0.6 is 0 Å². The van der Waals surface area contributed by atoms with Crippen molar-refractivity contribution in [1.82, 2.24) is 10.2 Å². The fourth-order valence-electron chi connectivity index (χ4n) is 3.44. The van der Waals surface area contributed by atoms with E-state index in [1.165, 1.54) is 18.4 Å². The molecule has 2 aromatic rings. The van der Waals surface area contributed by atoms with Gasteiger partial charge in [0.1, 0.15) is 6.61 Å². The predicted octanol–water partition coefficient (Wildman–Crippen LogP) is 3.37. The number of nitrogens with zero attached hydrogens (tertiary/aromatic N) is 1. The van der Waals surface area contributed by atoms with Gasteiger partial charge in [-0.05, 0) is 30.5 Å². The summed E-state index contributed by atoms with van der Waals surface area (Å²) >= 11 is 0. The molecule has 0 radical (unpaired) electrons. The molecule has 1 aliphatic rings. The number of likely N-dealkylation sites (tertiary alicyclic amines) is 1. The molecule has 1 amide bonds. The van der Waals surface area contributed by atoms with Gasteiger partial charge in [-0.15, -0.1) is 0 Å². The Morgan fingerprint density at radius 3 is 2.42 bits per heavy atom. The molecule has 1 fully saturated rings. The lowest BCUT2D eigenvalue weighted by Crippen LogP contribution is -2.46. The number of benzene rings is 2. The summed E-state index contributed by atoms with van der Waals surface area (Å²) in [7, 11) is 0. The van der Waals surface area contributed by atoms with E-state index in [0.29, 0.717) is 19.2 Å². The van der Waals surface area contributed by atoms with E-state index < -0.39 is 0 Å². The molecule has 0 spiro atoms. The summed E-state index contributed by atoms with van der Waals surface area (Å²) < 4.78 is 5.52. The van der Waals surface area contributed by atoms with Crippen LogP contribution in [0.15, 0.2) is 60.7 Å². The van der Waals surface area contributed by atoms with Gasteiger partial charge in [0.25, 0.3) is 0 Å². The molecular weight excluding hydrogens is 324 g/mol. The van der Waals surface area contributed by atoms with E-state index in [1.807, 2.05) is 36.4 Å². The maximum Gasteiger partial charge on any atom is 0.246 e. The lowest BCUT2D eigenvalue weighted by molar-refractivity contribution is -0.126. The maximum absolute atomic E-state index is 12.1. The number of hydrogen-bond donors (Lipinski definition) is 1. The van der Waals surface area contributed by atoms with Crippen molar-refractivity contribution in [3.63, 3.8) is 0 Å². The van der Waals surface area contributed by atoms with Gasteiger partial charge in [0.15, 0.2) is 0 Å². The summed E-state index contributed by atoms with van der Waals surface area (Å²) in [6.07, 6.45) is 3.60. The molecule has 2 aromatic carbocycles. The van der Waals surface area contributed by atoms with Crippen LogP contribution in [0.4, 0.5) is 0 Å². The highest BCUT2D eigenvalue weighted by atomic mass is 16.5. The molecule has 1 unspecified atom stereocenters. The highest BCUT2D eigenvalue weighted by Gasteiger charge is 2.22. The first-order valence-corrected chi connectivity index (χ1v) is 9.47. The fourth-order valence-corrected chi connectivity index (χ4v) is 3.44. The van der Waals surface area contributed by atoms with E-state index in [-0.39, 0.29) is 12.5 Å². The van der Waals surface area contributed by atoms with Gasteiger partial charge in [-0.2, -0.15) is 0 Å². The van der Waals surface area contributed by atoms with E-state index in [2.05, 4.69) is 34.5 Å². The van der Waals surface area contributed by atoms with Gasteiger partial charge < -0.3 is 10.1 Å². The van der Waals surface area contributed by atoms with Gasteiger partial charge in [0.05, 0.1) is 6.61 Å². The zero-order chi connectivity index (χ0) is 18.0. The molecule has 4 nitrogen and oxygen atoms in total. The molecule has 1 heterocycles. The fraction of sp³-hybridized carbons (Fsp3) is 0.409. The van der Waals surface area contributed by atoms with Crippen LogP contribution < -0.4 is 5.32 Å². The van der Waals surface area contributed by atoms with Crippen LogP contribution in [0.1, 0.15) is 30.4 Å². The minimum atomic E-state index is -0.0360. The van der Waals surface area contributed by atoms with Gasteiger partial charge in [-0.1, -0.05) is 67.1 Å². The number of carbonyl (C=O) groups is 1. The number of rotatable bonds is 8. The second-order valence-corrected chi connectivity index (χ2v) is 6.89. The minimum Gasteiger partial charge on any atom is -0.367 e. The molecule has 26 heavy (non-hydrogen) atoms. The van der Waals surface area contributed by atoms with Crippen LogP contribution in [0.2, 0.25) is 0 Å². The Kier molecular flexibility index (Phi) is 7.23. The normalized spacial score (nSPS) is 17.8. The molecular formula is C22H28N2O2. The van der Waals surface area contributed by atoms with E-state index in [4.69, 9.17) is 4.74 Å². The van der Waals surface area contributed by atoms with Gasteiger partial charge >= 0.3 is 0 Å². The zero-order valence-corrected chi connectivity index (χ0v) is 15.3. The number of hydrogen-bond acceptors (Lipinski definition) is 3. The molecule has 0 bridgehead atoms. The lowest BCUT2D eigenvalue weighted by atomic mass is 10.0. The summed E-state index contributed by atoms with van der Waals surface area (Å²) in [5.41, 5.74) is 2.42. The molecule has 3 rings (SSSR count). The summed E-state index contributed by atoms with van der Waals surface area (Å²) in [6.45, 7) is 3.32. The van der Waals surface area contributed by atoms with Crippen LogP contribution in [0.5, 0.6) is 0 Å². The van der Waals surface area contributed by atoms with E-state index in [0.717, 1.165) is 25.1 Å². The molecule has 4 heteroatoms. The number of nitrogens with one attached hydrogen (secondary N) is 1. The smallest absolute Gasteiger partial charge is 0.246 e. The maximum atomic E-state index is 12.1. The molecule has 138 valence electrons. The summed E-state index contributed by atoms with van der Waals surface area (Å²) in [5.74, 6) is -0.0360. The van der Waals surface area contributed by atoms with Crippen molar-refractivity contribution in [3.8, 4) is 0 Å². The Bertz CT molecular complexity index is 660. The summed E-state index contributed by atoms with van der Waals surface area (Å²) in [6, 6.07) is 20.9. The van der Waals surface area contributed by atoms with Crippen LogP contribution in [0.25, 0.3) is 0 Å². The average Bonchev–Trinajstić information content (AvgIpc) is 2.69. The standard InChI is InChI=1S/C22H28N2O2/c25-22(18-26-17-20-11-5-2-6-12-20)23-15-21-13-7-8-14-24(21)16-19-9-3-1-4-10-19/h1-6,9-12,21H,7-8,13-18H2,(H,23,25). The summed E-state index contributed by atoms with van der Waals surface area (Å²) in [4.78, 5) is 14.6. The third-order valence-corrected chi connectivity index (χ3v) is 4.86. The number of amides is 1. The van der Waals surface area contributed by atoms with Crippen molar-refractivity contribution in [3.05, 3.63) is 71.8 Å². The van der Waals surface area contributed by atoms with Crippen molar-refractivity contribution in [2.45, 2.75) is 38.5 Å². The van der Waals surface area contributed by atoms with Crippen molar-refractivity contribution >= 4 is 5.91 Å². The second-order valence-electron chi connectivity index (χ2n) is 6.89. The van der Waals surface area contributed by atoms with E-state index >= 15 is 0 Å². The van der Waals surface area contributed by atoms with Crippen LogP contribution in [0.3, 0.4) is 0 Å². The molecule has 1 atom stereocenters. The molecule has 1 N–H and O–H groups in total. The first-order chi connectivity index (χ1) is 12.8. The van der Waals surface area contributed by atoms with Gasteiger partial charge in [0.2, 0.25) is 5.91 Å². The zero-order valence-electron chi connectivity index (χ0n) is 15.3. The highest BCUT2D eigenvalue weighted by molar-refractivity contribution is 5.77. The van der Waals surface area contributed by atoms with E-state index in [9.17, 15) is 4.79 Å². The van der Waals surface area contributed by atoms with Crippen molar-refractivity contribution in [1.29, 1.82) is 0 Å². The van der Waals surface area contributed by atoms with Crippen molar-refractivity contribution in [2.75, 3.05) is 19.7 Å². The Morgan fingerprint density at radius 1 is 1.00 bits per heavy atom. The molecule has 0 saturated carbocycles. The van der Waals surface area contributed by atoms with Crippen molar-refractivity contribution in [2.24, 2.45) is 0 Å². The second kappa shape index (κ2) is 10.1. The average molecular weight is 352 g/mol. The predicted molar refractivity (Wildman–Crippen MR) is 104 cm³/mol. The molecule has 0 aliphatic carbocycles. The SMILES string of the molecule is O=C(COCc1ccccc1)NCC1CCCCN1Cc1ccccc1. The molecule has 1 aliphatic heterocycles. The van der Waals surface area contributed by atoms with Gasteiger partial charge in [-0.3, -0.25) is 9.69 Å². The van der Waals surface area contributed by atoms with Crippen LogP contribution in [-0.2, 0) is 22.7 Å². The Morgan fingerprint density at radius 2 is 1.69 bits per heavy atom. The summed E-state index contributed by atoms with van der Waals surface area (Å²) in [5, 5.41) is 3.05. The third-order valence-electron chi connectivity index (χ3n) is 4.86. The first-order valence-electron chi connectivity index (χ1n) is 9.47. The number of carbonyl (C=O) groups excluding carboxylic acids is 1. The third kappa shape index (κ3) is 5.97. The molecule has 1 saturated heterocycles. The number of piperidine rings is 1. The van der Waals surface area contributed by atoms with Gasteiger partial charge in [-0.25, -0.2) is 0 Å². The largest absolute Gasteiger partial charge is 0.367 e. The minimum absolute atomic E-state index is 0.0360. The first kappa shape index (κ1) is 18.6. The topological polar surface area (TPSA) is 41.6 Å². The number of ether oxygens (including phenoxy) is 1. The van der Waals surface area contributed by atoms with Gasteiger partial charge in [0, 0.05) is 19.1 Å². The quantitative estimate of drug-likeness (QED) is 0.792. The Hall–Kier alpha value is -2.17. The van der Waals surface area contributed by atoms with Crippen LogP contribution in [-0.4, -0.2) is 36.5 Å². The lowest BCUT2D eigenvalue weighted by Gasteiger charge is -2.35. The van der Waals surface area contributed by atoms with Crippen LogP contribution in [0, 0.1) is 0 Å². The highest BCUT2D eigenvalue weighted by Crippen LogP contribution is 2.19. The van der Waals surface area contributed by atoms with Crippen molar-refractivity contribution < 1.29 is 9.53 Å². The van der Waals surface area contributed by atoms with E-state index in [1.54, 1.807) is 0 Å². The Balaban J connectivity index is 1.40. The monoisotopic (exact) mass is 352 g/mol.